The minimum atomic E-state index is 0.0538. The molecule has 3 aromatic rings. The predicted molar refractivity (Wildman–Crippen MR) is 119 cm³/mol. The number of benzene rings is 1. The molecule has 8 nitrogen and oxygen atoms in total. The largest absolute Gasteiger partial charge is 0.507 e. The number of piperidine rings is 2. The highest BCUT2D eigenvalue weighted by Crippen LogP contribution is 2.33. The van der Waals surface area contributed by atoms with Crippen LogP contribution in [0.5, 0.6) is 5.75 Å². The molecule has 158 valence electrons. The van der Waals surface area contributed by atoms with Gasteiger partial charge in [0.05, 0.1) is 17.5 Å². The highest BCUT2D eigenvalue weighted by Gasteiger charge is 2.33. The van der Waals surface area contributed by atoms with Gasteiger partial charge in [-0.05, 0) is 37.8 Å². The van der Waals surface area contributed by atoms with Gasteiger partial charge in [0.25, 0.3) is 0 Å². The summed E-state index contributed by atoms with van der Waals surface area (Å²) in [6, 6.07) is 8.85. The second-order valence-corrected chi connectivity index (χ2v) is 9.11. The van der Waals surface area contributed by atoms with Crippen LogP contribution in [0.25, 0.3) is 22.6 Å². The normalized spacial score (nSPS) is 22.6. The van der Waals surface area contributed by atoms with E-state index in [2.05, 4.69) is 37.4 Å². The van der Waals surface area contributed by atoms with E-state index < -0.39 is 0 Å². The number of nitriles is 1. The fourth-order valence-corrected chi connectivity index (χ4v) is 5.25. The molecule has 1 aromatic carbocycles. The van der Waals surface area contributed by atoms with Gasteiger partial charge in [0.15, 0.2) is 16.6 Å². The van der Waals surface area contributed by atoms with Crippen LogP contribution in [0, 0.1) is 11.3 Å². The van der Waals surface area contributed by atoms with Crippen molar-refractivity contribution in [1.29, 1.82) is 5.26 Å². The lowest BCUT2D eigenvalue weighted by Crippen LogP contribution is -2.54. The number of rotatable bonds is 4. The van der Waals surface area contributed by atoms with Crippen LogP contribution < -0.4 is 10.2 Å². The summed E-state index contributed by atoms with van der Waals surface area (Å²) in [7, 11) is 2.06. The van der Waals surface area contributed by atoms with Gasteiger partial charge >= 0.3 is 0 Å². The third-order valence-electron chi connectivity index (χ3n) is 6.28. The molecule has 4 heterocycles. The van der Waals surface area contributed by atoms with E-state index in [-0.39, 0.29) is 5.75 Å². The Morgan fingerprint density at radius 1 is 1.23 bits per heavy atom. The molecule has 2 saturated heterocycles. The smallest absolute Gasteiger partial charge is 0.194 e. The minimum Gasteiger partial charge on any atom is -0.507 e. The second kappa shape index (κ2) is 8.21. The number of hydrogen-bond donors (Lipinski definition) is 2. The Bertz CT molecular complexity index is 1110. The van der Waals surface area contributed by atoms with Crippen molar-refractivity contribution >= 4 is 17.2 Å². The van der Waals surface area contributed by atoms with E-state index in [9.17, 15) is 5.11 Å². The van der Waals surface area contributed by atoms with Crippen LogP contribution in [-0.2, 0) is 0 Å². The van der Waals surface area contributed by atoms with E-state index in [0.717, 1.165) is 24.2 Å². The number of nitrogens with one attached hydrogen (secondary N) is 1. The van der Waals surface area contributed by atoms with Crippen molar-refractivity contribution in [3.63, 3.8) is 0 Å². The maximum atomic E-state index is 10.5. The van der Waals surface area contributed by atoms with E-state index in [0.29, 0.717) is 40.2 Å². The molecule has 2 aromatic heterocycles. The summed E-state index contributed by atoms with van der Waals surface area (Å²) < 4.78 is 0. The van der Waals surface area contributed by atoms with E-state index in [1.54, 1.807) is 23.7 Å². The van der Waals surface area contributed by atoms with Crippen LogP contribution in [-0.4, -0.2) is 50.4 Å². The maximum absolute atomic E-state index is 10.5. The van der Waals surface area contributed by atoms with Crippen LogP contribution in [0.3, 0.4) is 0 Å². The average molecular weight is 434 g/mol. The predicted octanol–water partition coefficient (Wildman–Crippen LogP) is 3.35. The lowest BCUT2D eigenvalue weighted by Gasteiger charge is -2.43. The average Bonchev–Trinajstić information content (AvgIpc) is 3.28. The van der Waals surface area contributed by atoms with Gasteiger partial charge in [-0.3, -0.25) is 0 Å². The third-order valence-corrected chi connectivity index (χ3v) is 7.03. The first-order valence-electron chi connectivity index (χ1n) is 10.5. The molecule has 2 bridgehead atoms. The van der Waals surface area contributed by atoms with Gasteiger partial charge in [0, 0.05) is 36.1 Å². The molecule has 0 saturated carbocycles. The molecule has 5 rings (SSSR count). The van der Waals surface area contributed by atoms with Crippen molar-refractivity contribution in [1.82, 2.24) is 25.5 Å². The van der Waals surface area contributed by atoms with Crippen LogP contribution in [0.4, 0.5) is 5.82 Å². The van der Waals surface area contributed by atoms with Crippen LogP contribution in [0.1, 0.15) is 37.1 Å². The van der Waals surface area contributed by atoms with Gasteiger partial charge in [-0.1, -0.05) is 12.5 Å². The molecular weight excluding hydrogens is 410 g/mol. The lowest BCUT2D eigenvalue weighted by molar-refractivity contribution is 0.219. The molecule has 9 heteroatoms. The minimum absolute atomic E-state index is 0.0538. The van der Waals surface area contributed by atoms with Crippen molar-refractivity contribution < 1.29 is 5.11 Å². The molecule has 2 fully saturated rings. The van der Waals surface area contributed by atoms with E-state index in [4.69, 9.17) is 5.26 Å². The van der Waals surface area contributed by atoms with Crippen molar-refractivity contribution in [2.75, 3.05) is 11.9 Å². The summed E-state index contributed by atoms with van der Waals surface area (Å²) in [5.74, 6) is 1.17. The monoisotopic (exact) mass is 433 g/mol. The Balaban J connectivity index is 1.33. The fraction of sp³-hybridized carbons (Fsp3) is 0.409. The molecule has 0 amide bonds. The zero-order valence-electron chi connectivity index (χ0n) is 17.2. The Kier molecular flexibility index (Phi) is 5.26. The number of anilines is 1. The van der Waals surface area contributed by atoms with Crippen LogP contribution in [0.2, 0.25) is 0 Å². The SMILES string of the molecule is CN(c1cnc(-c2ccc(-c3csc(C#N)n3)cc2O)nn1)C1C[C@H]2CCC[C@@H](C1)N2. The van der Waals surface area contributed by atoms with Crippen LogP contribution >= 0.6 is 11.3 Å². The molecule has 1 unspecified atom stereocenters. The van der Waals surface area contributed by atoms with Gasteiger partial charge in [0.1, 0.15) is 11.8 Å². The summed E-state index contributed by atoms with van der Waals surface area (Å²) in [5, 5.41) is 34.1. The summed E-state index contributed by atoms with van der Waals surface area (Å²) in [6.07, 6.45) is 7.77. The quantitative estimate of drug-likeness (QED) is 0.644. The highest BCUT2D eigenvalue weighted by molar-refractivity contribution is 7.10. The zero-order chi connectivity index (χ0) is 21.4. The van der Waals surface area contributed by atoms with Crippen molar-refractivity contribution in [3.05, 3.63) is 34.8 Å². The van der Waals surface area contributed by atoms with E-state index >= 15 is 0 Å². The third kappa shape index (κ3) is 3.96. The number of phenols is 1. The molecule has 0 spiro atoms. The van der Waals surface area contributed by atoms with Crippen molar-refractivity contribution in [2.45, 2.75) is 50.2 Å². The molecule has 31 heavy (non-hydrogen) atoms. The molecule has 2 N–H and O–H groups in total. The molecule has 2 aliphatic rings. The topological polar surface area (TPSA) is 111 Å². The Morgan fingerprint density at radius 3 is 2.68 bits per heavy atom. The highest BCUT2D eigenvalue weighted by atomic mass is 32.1. The number of phenolic OH excluding ortho intramolecular Hbond substituents is 1. The Morgan fingerprint density at radius 2 is 2.03 bits per heavy atom. The number of fused-ring (bicyclic) bond motifs is 2. The second-order valence-electron chi connectivity index (χ2n) is 8.25. The van der Waals surface area contributed by atoms with Crippen LogP contribution in [0.15, 0.2) is 29.8 Å². The Hall–Kier alpha value is -3.09. The first-order valence-corrected chi connectivity index (χ1v) is 11.4. The summed E-state index contributed by atoms with van der Waals surface area (Å²) in [4.78, 5) is 10.9. The first-order chi connectivity index (χ1) is 15.1. The molecule has 2 aliphatic heterocycles. The fourth-order valence-electron chi connectivity index (χ4n) is 4.63. The van der Waals surface area contributed by atoms with E-state index in [1.807, 2.05) is 12.1 Å². The van der Waals surface area contributed by atoms with Gasteiger partial charge < -0.3 is 15.3 Å². The lowest BCUT2D eigenvalue weighted by atomic mass is 9.83. The number of aromatic nitrogens is 4. The summed E-state index contributed by atoms with van der Waals surface area (Å²) in [6.45, 7) is 0. The number of hydrogen-bond acceptors (Lipinski definition) is 9. The summed E-state index contributed by atoms with van der Waals surface area (Å²) in [5.41, 5.74) is 1.91. The standard InChI is InChI=1S/C22H23N7OS/c1-29(16-8-14-3-2-4-15(9-16)25-14)20-11-24-22(28-27-20)17-6-5-13(7-19(17)30)18-12-31-21(10-23)26-18/h5-7,11-12,14-16,25,30H,2-4,8-9H2,1H3/t14-,15+,16?. The Labute approximate surface area is 184 Å². The molecule has 3 atom stereocenters. The van der Waals surface area contributed by atoms with Gasteiger partial charge in [-0.2, -0.15) is 5.26 Å². The first kappa shape index (κ1) is 19.8. The van der Waals surface area contributed by atoms with Crippen molar-refractivity contribution in [3.8, 4) is 34.5 Å². The van der Waals surface area contributed by atoms with Gasteiger partial charge in [-0.25, -0.2) is 9.97 Å². The molecule has 0 aliphatic carbocycles. The molecule has 0 radical (unpaired) electrons. The van der Waals surface area contributed by atoms with Gasteiger partial charge in [-0.15, -0.1) is 21.5 Å². The maximum Gasteiger partial charge on any atom is 0.194 e. The number of aromatic hydroxyl groups is 1. The number of thiazole rings is 1. The van der Waals surface area contributed by atoms with E-state index in [1.165, 1.54) is 30.6 Å². The number of nitrogens with zero attached hydrogens (tertiary/aromatic N) is 6. The molecular formula is C22H23N7OS. The summed E-state index contributed by atoms with van der Waals surface area (Å²) >= 11 is 1.27. The van der Waals surface area contributed by atoms with Gasteiger partial charge in [0.2, 0.25) is 0 Å². The zero-order valence-corrected chi connectivity index (χ0v) is 18.0. The van der Waals surface area contributed by atoms with Crippen molar-refractivity contribution in [2.24, 2.45) is 0 Å².